The van der Waals surface area contributed by atoms with Crippen LogP contribution < -0.4 is 11.0 Å². The molecule has 1 fully saturated rings. The topological polar surface area (TPSA) is 117 Å². The van der Waals surface area contributed by atoms with Crippen LogP contribution in [0.2, 0.25) is 0 Å². The molecule has 4 N–H and O–H groups in total. The second kappa shape index (κ2) is 8.59. The van der Waals surface area contributed by atoms with Gasteiger partial charge in [-0.1, -0.05) is 26.7 Å². The van der Waals surface area contributed by atoms with Gasteiger partial charge in [-0.2, -0.15) is 13.8 Å². The number of halogens is 2. The maximum atomic E-state index is 14.3. The Labute approximate surface area is 155 Å². The molecule has 154 valence electrons. The maximum absolute atomic E-state index is 14.3. The minimum atomic E-state index is -4.21. The fourth-order valence-corrected chi connectivity index (χ4v) is 3.28. The van der Waals surface area contributed by atoms with Crippen LogP contribution in [-0.4, -0.2) is 56.2 Å². The van der Waals surface area contributed by atoms with E-state index < -0.39 is 36.3 Å². The van der Waals surface area contributed by atoms with Gasteiger partial charge in [-0.3, -0.25) is 0 Å². The summed E-state index contributed by atoms with van der Waals surface area (Å²) in [6.45, 7) is 3.80. The van der Waals surface area contributed by atoms with E-state index in [-0.39, 0.29) is 10.4 Å². The number of nitrogens with zero attached hydrogens (tertiary/aromatic N) is 2. The quantitative estimate of drug-likeness (QED) is 0.493. The van der Waals surface area contributed by atoms with Crippen molar-refractivity contribution in [3.63, 3.8) is 0 Å². The molecule has 0 aromatic carbocycles. The van der Waals surface area contributed by atoms with Gasteiger partial charge in [0.25, 0.3) is 0 Å². The average Bonchev–Trinajstić information content (AvgIpc) is 2.80. The first-order valence-electron chi connectivity index (χ1n) is 9.12. The number of nitrogens with one attached hydrogen (secondary N) is 1. The predicted molar refractivity (Wildman–Crippen MR) is 93.4 cm³/mol. The van der Waals surface area contributed by atoms with Gasteiger partial charge in [-0.15, -0.1) is 0 Å². The third kappa shape index (κ3) is 4.13. The van der Waals surface area contributed by atoms with Crippen LogP contribution in [0.4, 0.5) is 14.6 Å². The molecular formula is C17H27F2N3O5. The molecule has 1 aliphatic heterocycles. The van der Waals surface area contributed by atoms with Gasteiger partial charge in [0.15, 0.2) is 6.10 Å². The summed E-state index contributed by atoms with van der Waals surface area (Å²) in [5, 5.41) is 31.9. The zero-order chi connectivity index (χ0) is 20.2. The van der Waals surface area contributed by atoms with Crippen molar-refractivity contribution in [1.29, 1.82) is 0 Å². The molecule has 0 aliphatic carbocycles. The summed E-state index contributed by atoms with van der Waals surface area (Å²) in [6.07, 6.45) is 0.785. The van der Waals surface area contributed by atoms with Crippen LogP contribution in [0.25, 0.3) is 0 Å². The summed E-state index contributed by atoms with van der Waals surface area (Å²) < 4.78 is 33.5. The van der Waals surface area contributed by atoms with Crippen molar-refractivity contribution in [2.24, 2.45) is 5.92 Å². The SMILES string of the molecule is CCCC(CCC)CNc1ccn([C@@]2(O)O[C@H](CO)[C@@H](O)C2(F)F)c(=O)n1. The molecule has 2 rings (SSSR count). The molecule has 1 aromatic rings. The third-order valence-corrected chi connectivity index (χ3v) is 4.75. The van der Waals surface area contributed by atoms with Gasteiger partial charge >= 0.3 is 17.5 Å². The highest BCUT2D eigenvalue weighted by atomic mass is 19.3. The molecule has 8 nitrogen and oxygen atoms in total. The highest BCUT2D eigenvalue weighted by Crippen LogP contribution is 2.45. The van der Waals surface area contributed by atoms with Gasteiger partial charge in [0.05, 0.1) is 6.61 Å². The molecule has 0 unspecified atom stereocenters. The van der Waals surface area contributed by atoms with Gasteiger partial charge in [0.2, 0.25) is 0 Å². The van der Waals surface area contributed by atoms with Crippen LogP contribution in [0, 0.1) is 5.92 Å². The van der Waals surface area contributed by atoms with Crippen molar-refractivity contribution < 1.29 is 28.8 Å². The third-order valence-electron chi connectivity index (χ3n) is 4.75. The Kier molecular flexibility index (Phi) is 6.90. The monoisotopic (exact) mass is 391 g/mol. The van der Waals surface area contributed by atoms with Crippen LogP contribution in [0.15, 0.2) is 17.1 Å². The van der Waals surface area contributed by atoms with Gasteiger partial charge in [0.1, 0.15) is 11.9 Å². The standard InChI is InChI=1S/C17H27F2N3O5/c1-3-5-11(6-4-2)9-20-13-7-8-22(15(25)21-13)17(26)16(18,19)14(24)12(10-23)27-17/h7-8,11-12,14,23-24,26H,3-6,9-10H2,1-2H3,(H,20,21,25)/t12-,14-,17+/m1/s1. The summed E-state index contributed by atoms with van der Waals surface area (Å²) in [5.41, 5.74) is -1.17. The van der Waals surface area contributed by atoms with E-state index in [0.29, 0.717) is 12.5 Å². The Morgan fingerprint density at radius 3 is 2.48 bits per heavy atom. The van der Waals surface area contributed by atoms with Crippen LogP contribution in [0.1, 0.15) is 39.5 Å². The first kappa shape index (κ1) is 21.7. The van der Waals surface area contributed by atoms with E-state index in [4.69, 9.17) is 9.84 Å². The van der Waals surface area contributed by atoms with Gasteiger partial charge in [-0.05, 0) is 24.8 Å². The van der Waals surface area contributed by atoms with Crippen molar-refractivity contribution in [2.75, 3.05) is 18.5 Å². The smallest absolute Gasteiger partial charge is 0.353 e. The highest BCUT2D eigenvalue weighted by molar-refractivity contribution is 5.32. The number of aliphatic hydroxyl groups is 3. The molecule has 0 bridgehead atoms. The van der Waals surface area contributed by atoms with E-state index in [1.165, 1.54) is 6.07 Å². The average molecular weight is 391 g/mol. The highest BCUT2D eigenvalue weighted by Gasteiger charge is 2.70. The number of ether oxygens (including phenoxy) is 1. The van der Waals surface area contributed by atoms with Crippen molar-refractivity contribution >= 4 is 5.82 Å². The maximum Gasteiger partial charge on any atom is 0.353 e. The predicted octanol–water partition coefficient (Wildman–Crippen LogP) is 0.861. The van der Waals surface area contributed by atoms with Crippen LogP contribution >= 0.6 is 0 Å². The Morgan fingerprint density at radius 2 is 2.00 bits per heavy atom. The molecule has 0 amide bonds. The lowest BCUT2D eigenvalue weighted by atomic mass is 9.98. The largest absolute Gasteiger partial charge is 0.394 e. The van der Waals surface area contributed by atoms with Crippen molar-refractivity contribution in [1.82, 2.24) is 9.55 Å². The van der Waals surface area contributed by atoms with E-state index in [1.54, 1.807) is 0 Å². The molecule has 1 aliphatic rings. The van der Waals surface area contributed by atoms with Crippen molar-refractivity contribution in [2.45, 2.75) is 63.6 Å². The van der Waals surface area contributed by atoms with Crippen LogP contribution in [-0.2, 0) is 10.6 Å². The Balaban J connectivity index is 2.20. The lowest BCUT2D eigenvalue weighted by molar-refractivity contribution is -0.341. The summed E-state index contributed by atoms with van der Waals surface area (Å²) in [4.78, 5) is 15.9. The number of aromatic nitrogens is 2. The normalized spacial score (nSPS) is 27.3. The molecule has 3 atom stereocenters. The van der Waals surface area contributed by atoms with Crippen molar-refractivity contribution in [3.05, 3.63) is 22.7 Å². The Bertz CT molecular complexity index is 681. The Hall–Kier alpha value is -1.62. The summed E-state index contributed by atoms with van der Waals surface area (Å²) in [5.74, 6) is -7.06. The number of rotatable bonds is 9. The minimum absolute atomic E-state index is 0.192. The Morgan fingerprint density at radius 1 is 1.37 bits per heavy atom. The molecule has 1 saturated heterocycles. The molecule has 27 heavy (non-hydrogen) atoms. The summed E-state index contributed by atoms with van der Waals surface area (Å²) in [7, 11) is 0. The lowest BCUT2D eigenvalue weighted by Crippen LogP contribution is -2.55. The second-order valence-electron chi connectivity index (χ2n) is 6.80. The fourth-order valence-electron chi connectivity index (χ4n) is 3.28. The summed E-state index contributed by atoms with van der Waals surface area (Å²) in [6, 6.07) is 1.27. The molecule has 0 spiro atoms. The van der Waals surface area contributed by atoms with Crippen molar-refractivity contribution in [3.8, 4) is 0 Å². The van der Waals surface area contributed by atoms with E-state index in [1.807, 2.05) is 0 Å². The first-order chi connectivity index (χ1) is 12.7. The van der Waals surface area contributed by atoms with E-state index >= 15 is 0 Å². The van der Waals surface area contributed by atoms with Crippen LogP contribution in [0.5, 0.6) is 0 Å². The number of anilines is 1. The second-order valence-corrected chi connectivity index (χ2v) is 6.80. The lowest BCUT2D eigenvalue weighted by Gasteiger charge is -2.29. The molecule has 0 saturated carbocycles. The molecule has 2 heterocycles. The number of hydrogen-bond donors (Lipinski definition) is 4. The number of aliphatic hydroxyl groups excluding tert-OH is 2. The minimum Gasteiger partial charge on any atom is -0.394 e. The zero-order valence-electron chi connectivity index (χ0n) is 15.4. The fraction of sp³-hybridized carbons (Fsp3) is 0.765. The number of alkyl halides is 2. The van der Waals surface area contributed by atoms with Gasteiger partial charge in [-0.25, -0.2) is 9.36 Å². The number of hydrogen-bond acceptors (Lipinski definition) is 7. The molecule has 10 heteroatoms. The first-order valence-corrected chi connectivity index (χ1v) is 9.12. The summed E-state index contributed by atoms with van der Waals surface area (Å²) >= 11 is 0. The van der Waals surface area contributed by atoms with Gasteiger partial charge < -0.3 is 25.4 Å². The molecule has 0 radical (unpaired) electrons. The molecular weight excluding hydrogens is 364 g/mol. The van der Waals surface area contributed by atoms with E-state index in [0.717, 1.165) is 31.9 Å². The van der Waals surface area contributed by atoms with Gasteiger partial charge in [0, 0.05) is 12.7 Å². The van der Waals surface area contributed by atoms with Crippen LogP contribution in [0.3, 0.4) is 0 Å². The zero-order valence-corrected chi connectivity index (χ0v) is 15.4. The molecule has 1 aromatic heterocycles. The van der Waals surface area contributed by atoms with E-state index in [9.17, 15) is 23.8 Å². The van der Waals surface area contributed by atoms with E-state index in [2.05, 4.69) is 24.1 Å².